The molecule has 1 aliphatic rings. The van der Waals surface area contributed by atoms with Gasteiger partial charge >= 0.3 is 5.97 Å². The van der Waals surface area contributed by atoms with Gasteiger partial charge in [0.25, 0.3) is 0 Å². The Kier molecular flexibility index (Phi) is 7.41. The molecule has 0 aromatic heterocycles. The second-order valence-electron chi connectivity index (χ2n) is 6.04. The van der Waals surface area contributed by atoms with E-state index in [4.69, 9.17) is 5.11 Å². The maximum absolute atomic E-state index is 12.2. The highest BCUT2D eigenvalue weighted by Gasteiger charge is 2.29. The molecule has 2 N–H and O–H groups in total. The van der Waals surface area contributed by atoms with E-state index in [2.05, 4.69) is 19.2 Å². The molecule has 0 radical (unpaired) electrons. The molecule has 0 bridgehead atoms. The molecule has 116 valence electrons. The SMILES string of the molecule is CSCC[C@H](NC(=O)C1CCC(C(C)C)CC1)C(=O)O. The first-order chi connectivity index (χ1) is 9.45. The lowest BCUT2D eigenvalue weighted by atomic mass is 9.76. The van der Waals surface area contributed by atoms with Crippen LogP contribution in [0.1, 0.15) is 46.0 Å². The van der Waals surface area contributed by atoms with Crippen LogP contribution >= 0.6 is 11.8 Å². The van der Waals surface area contributed by atoms with Crippen LogP contribution < -0.4 is 5.32 Å². The van der Waals surface area contributed by atoms with Gasteiger partial charge in [-0.25, -0.2) is 4.79 Å². The molecule has 1 aliphatic carbocycles. The summed E-state index contributed by atoms with van der Waals surface area (Å²) in [6.45, 7) is 4.46. The zero-order chi connectivity index (χ0) is 15.1. The third kappa shape index (κ3) is 5.35. The van der Waals surface area contributed by atoms with Crippen molar-refractivity contribution in [2.45, 2.75) is 52.0 Å². The molecular formula is C15H27NO3S. The Morgan fingerprint density at radius 1 is 1.25 bits per heavy atom. The van der Waals surface area contributed by atoms with Crippen LogP contribution in [0.4, 0.5) is 0 Å². The summed E-state index contributed by atoms with van der Waals surface area (Å²) < 4.78 is 0. The fraction of sp³-hybridized carbons (Fsp3) is 0.867. The summed E-state index contributed by atoms with van der Waals surface area (Å²) >= 11 is 1.60. The van der Waals surface area contributed by atoms with Crippen molar-refractivity contribution in [1.82, 2.24) is 5.32 Å². The summed E-state index contributed by atoms with van der Waals surface area (Å²) in [5.41, 5.74) is 0. The predicted molar refractivity (Wildman–Crippen MR) is 82.9 cm³/mol. The van der Waals surface area contributed by atoms with Crippen LogP contribution in [-0.2, 0) is 9.59 Å². The minimum absolute atomic E-state index is 0.00105. The number of amides is 1. The van der Waals surface area contributed by atoms with Gasteiger partial charge in [-0.15, -0.1) is 0 Å². The number of carboxylic acid groups (broad SMARTS) is 1. The molecule has 0 heterocycles. The van der Waals surface area contributed by atoms with Crippen molar-refractivity contribution < 1.29 is 14.7 Å². The number of hydrogen-bond donors (Lipinski definition) is 2. The zero-order valence-electron chi connectivity index (χ0n) is 12.7. The van der Waals surface area contributed by atoms with Crippen LogP contribution in [0.15, 0.2) is 0 Å². The van der Waals surface area contributed by atoms with Crippen molar-refractivity contribution in [2.24, 2.45) is 17.8 Å². The molecule has 1 atom stereocenters. The maximum Gasteiger partial charge on any atom is 0.326 e. The van der Waals surface area contributed by atoms with Crippen LogP contribution in [0.5, 0.6) is 0 Å². The van der Waals surface area contributed by atoms with Gasteiger partial charge in [-0.1, -0.05) is 13.8 Å². The van der Waals surface area contributed by atoms with E-state index >= 15 is 0 Å². The molecule has 1 saturated carbocycles. The van der Waals surface area contributed by atoms with Gasteiger partial charge in [0.15, 0.2) is 0 Å². The smallest absolute Gasteiger partial charge is 0.326 e. The van der Waals surface area contributed by atoms with Crippen LogP contribution in [-0.4, -0.2) is 35.0 Å². The fourth-order valence-electron chi connectivity index (χ4n) is 2.83. The number of aliphatic carboxylic acids is 1. The fourth-order valence-corrected chi connectivity index (χ4v) is 3.30. The average Bonchev–Trinajstić information content (AvgIpc) is 2.42. The highest BCUT2D eigenvalue weighted by molar-refractivity contribution is 7.98. The average molecular weight is 301 g/mol. The summed E-state index contributed by atoms with van der Waals surface area (Å²) in [6, 6.07) is -0.738. The van der Waals surface area contributed by atoms with Gasteiger partial charge in [0.2, 0.25) is 5.91 Å². The lowest BCUT2D eigenvalue weighted by Gasteiger charge is -2.30. The van der Waals surface area contributed by atoms with Gasteiger partial charge in [-0.2, -0.15) is 11.8 Å². The van der Waals surface area contributed by atoms with Gasteiger partial charge in [0.1, 0.15) is 6.04 Å². The minimum atomic E-state index is -0.928. The first kappa shape index (κ1) is 17.3. The highest BCUT2D eigenvalue weighted by atomic mass is 32.2. The van der Waals surface area contributed by atoms with Crippen LogP contribution in [0.3, 0.4) is 0 Å². The third-order valence-corrected chi connectivity index (χ3v) is 4.95. The first-order valence-electron chi connectivity index (χ1n) is 7.47. The van der Waals surface area contributed by atoms with Crippen LogP contribution in [0.25, 0.3) is 0 Å². The Morgan fingerprint density at radius 2 is 1.85 bits per heavy atom. The quantitative estimate of drug-likeness (QED) is 0.759. The molecule has 20 heavy (non-hydrogen) atoms. The maximum atomic E-state index is 12.2. The Morgan fingerprint density at radius 3 is 2.30 bits per heavy atom. The molecule has 0 aromatic carbocycles. The lowest BCUT2D eigenvalue weighted by molar-refractivity contribution is -0.142. The molecule has 5 heteroatoms. The molecule has 0 saturated heterocycles. The summed E-state index contributed by atoms with van der Waals surface area (Å²) in [5.74, 6) is 1.14. The number of thioether (sulfide) groups is 1. The first-order valence-corrected chi connectivity index (χ1v) is 8.87. The summed E-state index contributed by atoms with van der Waals surface area (Å²) in [6.07, 6.45) is 6.38. The van der Waals surface area contributed by atoms with Crippen molar-refractivity contribution in [2.75, 3.05) is 12.0 Å². The van der Waals surface area contributed by atoms with E-state index in [0.29, 0.717) is 18.3 Å². The van der Waals surface area contributed by atoms with E-state index in [-0.39, 0.29) is 11.8 Å². The zero-order valence-corrected chi connectivity index (χ0v) is 13.5. The van der Waals surface area contributed by atoms with Crippen molar-refractivity contribution in [3.05, 3.63) is 0 Å². The van der Waals surface area contributed by atoms with Gasteiger partial charge in [-0.3, -0.25) is 4.79 Å². The minimum Gasteiger partial charge on any atom is -0.480 e. The largest absolute Gasteiger partial charge is 0.480 e. The molecule has 0 aromatic rings. The van der Waals surface area contributed by atoms with Crippen molar-refractivity contribution >= 4 is 23.6 Å². The number of carbonyl (C=O) groups excluding carboxylic acids is 1. The monoisotopic (exact) mass is 301 g/mol. The summed E-state index contributed by atoms with van der Waals surface area (Å²) in [5, 5.41) is 11.9. The summed E-state index contributed by atoms with van der Waals surface area (Å²) in [4.78, 5) is 23.3. The number of carbonyl (C=O) groups is 2. The number of nitrogens with one attached hydrogen (secondary N) is 1. The van der Waals surface area contributed by atoms with Crippen LogP contribution in [0, 0.1) is 17.8 Å². The van der Waals surface area contributed by atoms with E-state index in [0.717, 1.165) is 31.4 Å². The lowest BCUT2D eigenvalue weighted by Crippen LogP contribution is -2.44. The Hall–Kier alpha value is -0.710. The van der Waals surface area contributed by atoms with E-state index in [9.17, 15) is 9.59 Å². The van der Waals surface area contributed by atoms with Crippen molar-refractivity contribution in [1.29, 1.82) is 0 Å². The molecule has 1 amide bonds. The molecular weight excluding hydrogens is 274 g/mol. The predicted octanol–water partition coefficient (Wildman–Crippen LogP) is 2.77. The molecule has 4 nitrogen and oxygen atoms in total. The standard InChI is InChI=1S/C15H27NO3S/c1-10(2)11-4-6-12(7-5-11)14(17)16-13(15(18)19)8-9-20-3/h10-13H,4-9H2,1-3H3,(H,16,17)(H,18,19)/t11?,12?,13-/m0/s1. The second-order valence-corrected chi connectivity index (χ2v) is 7.02. The topological polar surface area (TPSA) is 66.4 Å². The molecule has 1 rings (SSSR count). The van der Waals surface area contributed by atoms with Gasteiger partial charge in [0.05, 0.1) is 0 Å². The molecule has 0 spiro atoms. The van der Waals surface area contributed by atoms with Crippen molar-refractivity contribution in [3.8, 4) is 0 Å². The van der Waals surface area contributed by atoms with Gasteiger partial charge in [0, 0.05) is 5.92 Å². The Labute approximate surface area is 126 Å². The Bertz CT molecular complexity index is 325. The number of carboxylic acids is 1. The normalized spacial score (nSPS) is 24.4. The molecule has 1 fully saturated rings. The van der Waals surface area contributed by atoms with Crippen LogP contribution in [0.2, 0.25) is 0 Å². The molecule has 0 aliphatic heterocycles. The van der Waals surface area contributed by atoms with E-state index in [1.165, 1.54) is 0 Å². The van der Waals surface area contributed by atoms with E-state index < -0.39 is 12.0 Å². The van der Waals surface area contributed by atoms with Crippen molar-refractivity contribution in [3.63, 3.8) is 0 Å². The highest BCUT2D eigenvalue weighted by Crippen LogP contribution is 2.33. The summed E-state index contributed by atoms with van der Waals surface area (Å²) in [7, 11) is 0. The van der Waals surface area contributed by atoms with Gasteiger partial charge in [-0.05, 0) is 55.9 Å². The Balaban J connectivity index is 2.43. The second kappa shape index (κ2) is 8.55. The third-order valence-electron chi connectivity index (χ3n) is 4.31. The molecule has 0 unspecified atom stereocenters. The van der Waals surface area contributed by atoms with Gasteiger partial charge < -0.3 is 10.4 Å². The van der Waals surface area contributed by atoms with E-state index in [1.807, 2.05) is 6.26 Å². The van der Waals surface area contributed by atoms with E-state index in [1.54, 1.807) is 11.8 Å². The number of rotatable bonds is 7. The number of hydrogen-bond acceptors (Lipinski definition) is 3.